The van der Waals surface area contributed by atoms with Crippen LogP contribution in [0.1, 0.15) is 6.92 Å². The third-order valence-electron chi connectivity index (χ3n) is 1.85. The number of ether oxygens (including phenoxy) is 1. The lowest BCUT2D eigenvalue weighted by molar-refractivity contribution is -0.274. The zero-order valence-corrected chi connectivity index (χ0v) is 9.77. The summed E-state index contributed by atoms with van der Waals surface area (Å²) in [5.74, 6) is -0.243. The van der Waals surface area contributed by atoms with Gasteiger partial charge in [-0.2, -0.15) is 0 Å². The molecular weight excluding hydrogens is 255 g/mol. The molecule has 0 radical (unpaired) electrons. The van der Waals surface area contributed by atoms with Crippen molar-refractivity contribution in [3.63, 3.8) is 0 Å². The molecular formula is C11H11ClF3NO. The van der Waals surface area contributed by atoms with Gasteiger partial charge in [0, 0.05) is 17.8 Å². The van der Waals surface area contributed by atoms with E-state index in [-0.39, 0.29) is 5.75 Å². The van der Waals surface area contributed by atoms with Gasteiger partial charge in [-0.15, -0.1) is 13.2 Å². The monoisotopic (exact) mass is 265 g/mol. The van der Waals surface area contributed by atoms with Gasteiger partial charge in [-0.05, 0) is 36.8 Å². The first kappa shape index (κ1) is 13.7. The molecule has 2 nitrogen and oxygen atoms in total. The summed E-state index contributed by atoms with van der Waals surface area (Å²) in [5, 5.41) is 3.00. The lowest BCUT2D eigenvalue weighted by atomic mass is 10.3. The van der Waals surface area contributed by atoms with Crippen molar-refractivity contribution in [2.75, 3.05) is 11.9 Å². The second kappa shape index (κ2) is 5.82. The van der Waals surface area contributed by atoms with E-state index in [1.807, 2.05) is 6.92 Å². The Morgan fingerprint density at radius 3 is 2.41 bits per heavy atom. The van der Waals surface area contributed by atoms with Crippen molar-refractivity contribution in [2.45, 2.75) is 13.3 Å². The summed E-state index contributed by atoms with van der Waals surface area (Å²) in [4.78, 5) is 0. The molecule has 0 saturated heterocycles. The fraction of sp³-hybridized carbons (Fsp3) is 0.273. The van der Waals surface area contributed by atoms with Crippen molar-refractivity contribution in [3.05, 3.63) is 35.4 Å². The molecule has 0 heterocycles. The van der Waals surface area contributed by atoms with Gasteiger partial charge in [0.15, 0.2) is 0 Å². The first-order chi connectivity index (χ1) is 7.90. The van der Waals surface area contributed by atoms with Crippen LogP contribution in [0.25, 0.3) is 0 Å². The lowest BCUT2D eigenvalue weighted by Crippen LogP contribution is -2.17. The summed E-state index contributed by atoms with van der Waals surface area (Å²) in [6.07, 6.45) is -4.66. The van der Waals surface area contributed by atoms with Gasteiger partial charge in [-0.25, -0.2) is 0 Å². The molecule has 0 spiro atoms. The van der Waals surface area contributed by atoms with Crippen LogP contribution in [0.2, 0.25) is 0 Å². The SMILES string of the molecule is C/C(=C/Cl)CNc1ccc(OC(F)(F)F)cc1. The minimum atomic E-state index is -4.66. The fourth-order valence-corrected chi connectivity index (χ4v) is 1.13. The summed E-state index contributed by atoms with van der Waals surface area (Å²) in [5.41, 5.74) is 3.05. The van der Waals surface area contributed by atoms with Gasteiger partial charge in [0.2, 0.25) is 0 Å². The second-order valence-corrected chi connectivity index (χ2v) is 3.60. The number of anilines is 1. The van der Waals surface area contributed by atoms with Gasteiger partial charge in [0.05, 0.1) is 0 Å². The molecule has 0 aromatic heterocycles. The molecule has 1 aromatic carbocycles. The number of halogens is 4. The lowest BCUT2D eigenvalue weighted by Gasteiger charge is -2.10. The van der Waals surface area contributed by atoms with E-state index in [0.29, 0.717) is 12.2 Å². The Labute approximate surface area is 102 Å². The van der Waals surface area contributed by atoms with E-state index in [4.69, 9.17) is 11.6 Å². The van der Waals surface area contributed by atoms with E-state index in [1.165, 1.54) is 29.8 Å². The van der Waals surface area contributed by atoms with Crippen LogP contribution in [0, 0.1) is 0 Å². The molecule has 0 fully saturated rings. The van der Waals surface area contributed by atoms with Crippen LogP contribution in [0.4, 0.5) is 18.9 Å². The molecule has 0 bridgehead atoms. The van der Waals surface area contributed by atoms with Gasteiger partial charge in [-0.1, -0.05) is 11.6 Å². The van der Waals surface area contributed by atoms with E-state index >= 15 is 0 Å². The largest absolute Gasteiger partial charge is 0.573 e. The second-order valence-electron chi connectivity index (χ2n) is 3.38. The van der Waals surface area contributed by atoms with Crippen molar-refractivity contribution in [1.82, 2.24) is 0 Å². The molecule has 0 amide bonds. The molecule has 1 aromatic rings. The van der Waals surface area contributed by atoms with Crippen molar-refractivity contribution < 1.29 is 17.9 Å². The molecule has 1 N–H and O–H groups in total. The topological polar surface area (TPSA) is 21.3 Å². The van der Waals surface area contributed by atoms with Gasteiger partial charge < -0.3 is 10.1 Å². The van der Waals surface area contributed by atoms with Crippen LogP contribution < -0.4 is 10.1 Å². The predicted octanol–water partition coefficient (Wildman–Crippen LogP) is 4.14. The zero-order valence-electron chi connectivity index (χ0n) is 9.01. The van der Waals surface area contributed by atoms with Crippen molar-refractivity contribution >= 4 is 17.3 Å². The van der Waals surface area contributed by atoms with E-state index in [0.717, 1.165) is 5.57 Å². The first-order valence-electron chi connectivity index (χ1n) is 4.76. The number of alkyl halides is 3. The standard InChI is InChI=1S/C11H11ClF3NO/c1-8(6-12)7-16-9-2-4-10(5-3-9)17-11(13,14)15/h2-6,16H,7H2,1H3/b8-6-. The number of nitrogens with one attached hydrogen (secondary N) is 1. The van der Waals surface area contributed by atoms with Crippen molar-refractivity contribution in [1.29, 1.82) is 0 Å². The molecule has 94 valence electrons. The van der Waals surface area contributed by atoms with E-state index in [9.17, 15) is 13.2 Å². The van der Waals surface area contributed by atoms with Gasteiger partial charge in [0.1, 0.15) is 5.75 Å². The predicted molar refractivity (Wildman–Crippen MR) is 61.2 cm³/mol. The third-order valence-corrected chi connectivity index (χ3v) is 2.22. The van der Waals surface area contributed by atoms with Crippen molar-refractivity contribution in [3.8, 4) is 5.75 Å². The molecule has 17 heavy (non-hydrogen) atoms. The first-order valence-corrected chi connectivity index (χ1v) is 5.20. The van der Waals surface area contributed by atoms with E-state index in [1.54, 1.807) is 0 Å². The highest BCUT2D eigenvalue weighted by atomic mass is 35.5. The summed E-state index contributed by atoms with van der Waals surface area (Å²) >= 11 is 5.47. The minimum absolute atomic E-state index is 0.243. The van der Waals surface area contributed by atoms with Crippen LogP contribution in [0.3, 0.4) is 0 Å². The van der Waals surface area contributed by atoms with Crippen LogP contribution in [-0.4, -0.2) is 12.9 Å². The molecule has 0 saturated carbocycles. The summed E-state index contributed by atoms with van der Waals surface area (Å²) in [6.45, 7) is 2.37. The maximum atomic E-state index is 11.9. The Kier molecular flexibility index (Phi) is 4.69. The number of hydrogen-bond acceptors (Lipinski definition) is 2. The molecule has 0 atom stereocenters. The Balaban J connectivity index is 2.56. The zero-order chi connectivity index (χ0) is 12.9. The Morgan fingerprint density at radius 2 is 1.94 bits per heavy atom. The number of rotatable bonds is 4. The molecule has 1 rings (SSSR count). The molecule has 0 aliphatic rings. The van der Waals surface area contributed by atoms with Gasteiger partial charge in [-0.3, -0.25) is 0 Å². The van der Waals surface area contributed by atoms with Crippen LogP contribution in [0.15, 0.2) is 35.4 Å². The third kappa shape index (κ3) is 5.49. The highest BCUT2D eigenvalue weighted by molar-refractivity contribution is 6.25. The summed E-state index contributed by atoms with van der Waals surface area (Å²) in [6, 6.07) is 5.50. The highest BCUT2D eigenvalue weighted by Crippen LogP contribution is 2.23. The van der Waals surface area contributed by atoms with Crippen molar-refractivity contribution in [2.24, 2.45) is 0 Å². The number of hydrogen-bond donors (Lipinski definition) is 1. The van der Waals surface area contributed by atoms with E-state index < -0.39 is 6.36 Å². The average Bonchev–Trinajstić information content (AvgIpc) is 2.25. The number of benzene rings is 1. The maximum Gasteiger partial charge on any atom is 0.573 e. The molecule has 6 heteroatoms. The maximum absolute atomic E-state index is 11.9. The molecule has 0 unspecified atom stereocenters. The highest BCUT2D eigenvalue weighted by Gasteiger charge is 2.30. The van der Waals surface area contributed by atoms with Crippen LogP contribution >= 0.6 is 11.6 Å². The molecule has 0 aliphatic heterocycles. The normalized spacial score (nSPS) is 12.4. The fourth-order valence-electron chi connectivity index (χ4n) is 1.05. The van der Waals surface area contributed by atoms with Crippen LogP contribution in [0.5, 0.6) is 5.75 Å². The summed E-state index contributed by atoms with van der Waals surface area (Å²) < 4.78 is 39.4. The van der Waals surface area contributed by atoms with Gasteiger partial charge >= 0.3 is 6.36 Å². The Bertz CT molecular complexity index is 387. The average molecular weight is 266 g/mol. The summed E-state index contributed by atoms with van der Waals surface area (Å²) in [7, 11) is 0. The van der Waals surface area contributed by atoms with Crippen LogP contribution in [-0.2, 0) is 0 Å². The quantitative estimate of drug-likeness (QED) is 0.883. The molecule has 0 aliphatic carbocycles. The smallest absolute Gasteiger partial charge is 0.406 e. The van der Waals surface area contributed by atoms with Gasteiger partial charge in [0.25, 0.3) is 0 Å². The van der Waals surface area contributed by atoms with E-state index in [2.05, 4.69) is 10.1 Å². The minimum Gasteiger partial charge on any atom is -0.406 e. The Morgan fingerprint density at radius 1 is 1.35 bits per heavy atom. The Hall–Kier alpha value is -1.36.